The first-order valence-electron chi connectivity index (χ1n) is 8.36. The van der Waals surface area contributed by atoms with Crippen molar-refractivity contribution in [1.82, 2.24) is 19.6 Å². The molecule has 26 heavy (non-hydrogen) atoms. The summed E-state index contributed by atoms with van der Waals surface area (Å²) < 4.78 is 14.5. The molecule has 0 unspecified atom stereocenters. The number of hydrogen-bond acceptors (Lipinski definition) is 4. The first-order chi connectivity index (χ1) is 12.3. The summed E-state index contributed by atoms with van der Waals surface area (Å²) in [6.07, 6.45) is 1.59. The third-order valence-electron chi connectivity index (χ3n) is 4.49. The van der Waals surface area contributed by atoms with Gasteiger partial charge < -0.3 is 4.90 Å². The number of aryl methyl sites for hydroxylation is 1. The molecule has 0 saturated carbocycles. The van der Waals surface area contributed by atoms with Gasteiger partial charge in [-0.05, 0) is 31.2 Å². The maximum Gasteiger partial charge on any atom is 0.276 e. The Labute approximate surface area is 156 Å². The molecule has 0 radical (unpaired) electrons. The van der Waals surface area contributed by atoms with Gasteiger partial charge >= 0.3 is 0 Å². The van der Waals surface area contributed by atoms with Crippen molar-refractivity contribution in [3.05, 3.63) is 52.6 Å². The van der Waals surface area contributed by atoms with Crippen LogP contribution in [0.25, 0.3) is 0 Å². The van der Waals surface area contributed by atoms with Crippen molar-refractivity contribution in [2.75, 3.05) is 26.2 Å². The number of hydrogen-bond donors (Lipinski definition) is 0. The Hall–Kier alpha value is -2.25. The Morgan fingerprint density at radius 2 is 1.96 bits per heavy atom. The van der Waals surface area contributed by atoms with E-state index in [1.165, 1.54) is 28.9 Å². The van der Waals surface area contributed by atoms with Crippen molar-refractivity contribution < 1.29 is 14.0 Å². The lowest BCUT2D eigenvalue weighted by atomic mass is 10.1. The lowest BCUT2D eigenvalue weighted by molar-refractivity contribution is 0.0477. The molecule has 0 N–H and O–H groups in total. The van der Waals surface area contributed by atoms with Gasteiger partial charge in [0.25, 0.3) is 5.91 Å². The Balaban J connectivity index is 1.61. The zero-order chi connectivity index (χ0) is 18.8. The van der Waals surface area contributed by atoms with E-state index in [1.807, 2.05) is 11.8 Å². The summed E-state index contributed by atoms with van der Waals surface area (Å²) in [7, 11) is 1.71. The second kappa shape index (κ2) is 7.55. The van der Waals surface area contributed by atoms with Gasteiger partial charge in [0.05, 0.1) is 11.6 Å². The number of nitrogens with zero attached hydrogens (tertiary/aromatic N) is 4. The summed E-state index contributed by atoms with van der Waals surface area (Å²) in [5.41, 5.74) is 0.731. The van der Waals surface area contributed by atoms with Gasteiger partial charge in [0.15, 0.2) is 11.5 Å². The molecule has 6 nitrogen and oxygen atoms in total. The number of benzene rings is 1. The second-order valence-electron chi connectivity index (χ2n) is 6.51. The van der Waals surface area contributed by atoms with E-state index in [0.29, 0.717) is 30.2 Å². The number of ketones is 1. The summed E-state index contributed by atoms with van der Waals surface area (Å²) in [5, 5.41) is 4.46. The third kappa shape index (κ3) is 3.94. The van der Waals surface area contributed by atoms with Crippen LogP contribution in [-0.4, -0.2) is 63.5 Å². The molecule has 0 bridgehead atoms. The highest BCUT2D eigenvalue weighted by Gasteiger charge is 2.31. The van der Waals surface area contributed by atoms with Crippen molar-refractivity contribution in [3.8, 4) is 0 Å². The molecule has 3 rings (SSSR count). The molecule has 1 aromatic carbocycles. The van der Waals surface area contributed by atoms with Crippen LogP contribution in [0.15, 0.2) is 30.5 Å². The number of carbonyl (C=O) groups is 2. The highest BCUT2D eigenvalue weighted by Crippen LogP contribution is 2.19. The number of halogens is 2. The molecule has 1 saturated heterocycles. The van der Waals surface area contributed by atoms with Crippen LogP contribution in [0.4, 0.5) is 4.39 Å². The summed E-state index contributed by atoms with van der Waals surface area (Å²) in [4.78, 5) is 28.7. The molecule has 138 valence electrons. The third-order valence-corrected chi connectivity index (χ3v) is 4.77. The fourth-order valence-electron chi connectivity index (χ4n) is 3.15. The Bertz CT molecular complexity index is 821. The van der Waals surface area contributed by atoms with E-state index < -0.39 is 0 Å². The SMILES string of the molecule is C[C@@H]1CN(CC(=O)c2ccc(F)cc2)CCN1C(=O)c1nn(C)cc1Cl. The topological polar surface area (TPSA) is 58.4 Å². The molecular formula is C18H20ClFN4O2. The maximum absolute atomic E-state index is 13.0. The summed E-state index contributed by atoms with van der Waals surface area (Å²) in [5.74, 6) is -0.632. The van der Waals surface area contributed by atoms with Crippen molar-refractivity contribution in [3.63, 3.8) is 0 Å². The standard InChI is InChI=1S/C18H20ClFN4O2/c1-12-9-23(11-16(25)13-3-5-14(20)6-4-13)7-8-24(12)18(26)17-15(19)10-22(2)21-17/h3-6,10,12H,7-9,11H2,1-2H3/t12-/m1/s1. The zero-order valence-corrected chi connectivity index (χ0v) is 15.4. The van der Waals surface area contributed by atoms with E-state index in [-0.39, 0.29) is 35.8 Å². The first-order valence-corrected chi connectivity index (χ1v) is 8.74. The van der Waals surface area contributed by atoms with Crippen LogP contribution in [0.2, 0.25) is 5.02 Å². The normalized spacial score (nSPS) is 18.2. The van der Waals surface area contributed by atoms with Gasteiger partial charge in [-0.3, -0.25) is 19.2 Å². The minimum Gasteiger partial charge on any atom is -0.332 e. The fraction of sp³-hybridized carbons (Fsp3) is 0.389. The van der Waals surface area contributed by atoms with Crippen molar-refractivity contribution in [1.29, 1.82) is 0 Å². The summed E-state index contributed by atoms with van der Waals surface area (Å²) in [6, 6.07) is 5.47. The minimum absolute atomic E-state index is 0.0650. The predicted molar refractivity (Wildman–Crippen MR) is 95.9 cm³/mol. The van der Waals surface area contributed by atoms with E-state index in [1.54, 1.807) is 18.1 Å². The Morgan fingerprint density at radius 3 is 2.54 bits per heavy atom. The molecule has 1 fully saturated rings. The lowest BCUT2D eigenvalue weighted by Crippen LogP contribution is -2.55. The van der Waals surface area contributed by atoms with E-state index in [2.05, 4.69) is 5.10 Å². The van der Waals surface area contributed by atoms with Gasteiger partial charge in [-0.25, -0.2) is 4.39 Å². The van der Waals surface area contributed by atoms with Gasteiger partial charge in [-0.15, -0.1) is 0 Å². The predicted octanol–water partition coefficient (Wildman–Crippen LogP) is 2.24. The smallest absolute Gasteiger partial charge is 0.276 e. The zero-order valence-electron chi connectivity index (χ0n) is 14.7. The number of carbonyl (C=O) groups excluding carboxylic acids is 2. The number of amides is 1. The number of Topliss-reactive ketones (excluding diaryl/α,β-unsaturated/α-hetero) is 1. The highest BCUT2D eigenvalue weighted by molar-refractivity contribution is 6.33. The molecule has 1 amide bonds. The molecule has 0 aliphatic carbocycles. The van der Waals surface area contributed by atoms with Crippen LogP contribution in [0, 0.1) is 5.82 Å². The molecule has 8 heteroatoms. The molecule has 0 spiro atoms. The van der Waals surface area contributed by atoms with E-state index in [9.17, 15) is 14.0 Å². The molecule has 1 aliphatic rings. The highest BCUT2D eigenvalue weighted by atomic mass is 35.5. The molecule has 1 atom stereocenters. The fourth-order valence-corrected chi connectivity index (χ4v) is 3.41. The summed E-state index contributed by atoms with van der Waals surface area (Å²) >= 11 is 6.07. The van der Waals surface area contributed by atoms with Crippen molar-refractivity contribution in [2.24, 2.45) is 7.05 Å². The molecule has 2 aromatic rings. The number of aromatic nitrogens is 2. The summed E-state index contributed by atoms with van der Waals surface area (Å²) in [6.45, 7) is 3.81. The molecule has 1 aliphatic heterocycles. The van der Waals surface area contributed by atoms with Crippen LogP contribution in [0.1, 0.15) is 27.8 Å². The number of piperazine rings is 1. The molecular weight excluding hydrogens is 359 g/mol. The van der Waals surface area contributed by atoms with Crippen LogP contribution < -0.4 is 0 Å². The van der Waals surface area contributed by atoms with Gasteiger partial charge in [0.2, 0.25) is 0 Å². The van der Waals surface area contributed by atoms with Crippen molar-refractivity contribution >= 4 is 23.3 Å². The lowest BCUT2D eigenvalue weighted by Gasteiger charge is -2.39. The van der Waals surface area contributed by atoms with E-state index in [0.717, 1.165) is 0 Å². The average molecular weight is 379 g/mol. The second-order valence-corrected chi connectivity index (χ2v) is 6.92. The minimum atomic E-state index is -0.365. The number of rotatable bonds is 4. The molecule has 1 aromatic heterocycles. The van der Waals surface area contributed by atoms with E-state index >= 15 is 0 Å². The molecule has 2 heterocycles. The van der Waals surface area contributed by atoms with E-state index in [4.69, 9.17) is 11.6 Å². The van der Waals surface area contributed by atoms with Gasteiger partial charge in [0, 0.05) is 44.5 Å². The first kappa shape index (κ1) is 18.5. The van der Waals surface area contributed by atoms with Crippen LogP contribution in [-0.2, 0) is 7.05 Å². The quantitative estimate of drug-likeness (QED) is 0.766. The average Bonchev–Trinajstić information content (AvgIpc) is 2.93. The maximum atomic E-state index is 13.0. The van der Waals surface area contributed by atoms with Crippen LogP contribution in [0.5, 0.6) is 0 Å². The van der Waals surface area contributed by atoms with Gasteiger partial charge in [-0.2, -0.15) is 5.10 Å². The Morgan fingerprint density at radius 1 is 1.27 bits per heavy atom. The van der Waals surface area contributed by atoms with Gasteiger partial charge in [-0.1, -0.05) is 11.6 Å². The van der Waals surface area contributed by atoms with Crippen LogP contribution in [0.3, 0.4) is 0 Å². The van der Waals surface area contributed by atoms with Crippen LogP contribution >= 0.6 is 11.6 Å². The van der Waals surface area contributed by atoms with Gasteiger partial charge in [0.1, 0.15) is 5.82 Å². The monoisotopic (exact) mass is 378 g/mol. The Kier molecular flexibility index (Phi) is 5.38. The van der Waals surface area contributed by atoms with Crippen molar-refractivity contribution in [2.45, 2.75) is 13.0 Å². The largest absolute Gasteiger partial charge is 0.332 e.